The third kappa shape index (κ3) is 6.11. The van der Waals surface area contributed by atoms with E-state index >= 15 is 0 Å². The molecule has 1 aromatic carbocycles. The van der Waals surface area contributed by atoms with Crippen LogP contribution in [0.3, 0.4) is 0 Å². The Labute approximate surface area is 114 Å². The number of hydrogen-bond donors (Lipinski definition) is 1. The van der Waals surface area contributed by atoms with Crippen LogP contribution >= 0.6 is 15.9 Å². The standard InChI is InChI=1S/C15H24BrN/c1-3-4-5-6-7-8-11-17-14-9-10-15(16)13(2)12-14/h9-10,12,17H,3-8,11H2,1-2H3. The van der Waals surface area contributed by atoms with Crippen LogP contribution in [0.1, 0.15) is 51.0 Å². The van der Waals surface area contributed by atoms with Gasteiger partial charge in [0.1, 0.15) is 0 Å². The molecule has 0 saturated carbocycles. The predicted molar refractivity (Wildman–Crippen MR) is 80.7 cm³/mol. The Bertz CT molecular complexity index is 323. The lowest BCUT2D eigenvalue weighted by Crippen LogP contribution is -2.01. The summed E-state index contributed by atoms with van der Waals surface area (Å²) in [4.78, 5) is 0. The van der Waals surface area contributed by atoms with E-state index in [1.807, 2.05) is 0 Å². The Morgan fingerprint density at radius 1 is 1.06 bits per heavy atom. The molecule has 2 heteroatoms. The molecule has 0 unspecified atom stereocenters. The van der Waals surface area contributed by atoms with Crippen molar-refractivity contribution < 1.29 is 0 Å². The monoisotopic (exact) mass is 297 g/mol. The van der Waals surface area contributed by atoms with Crippen molar-refractivity contribution in [1.29, 1.82) is 0 Å². The fraction of sp³-hybridized carbons (Fsp3) is 0.600. The maximum atomic E-state index is 3.52. The van der Waals surface area contributed by atoms with Crippen molar-refractivity contribution in [2.24, 2.45) is 0 Å². The van der Waals surface area contributed by atoms with Gasteiger partial charge in [-0.1, -0.05) is 55.0 Å². The number of nitrogens with one attached hydrogen (secondary N) is 1. The van der Waals surface area contributed by atoms with E-state index < -0.39 is 0 Å². The molecular formula is C15H24BrN. The molecule has 17 heavy (non-hydrogen) atoms. The summed E-state index contributed by atoms with van der Waals surface area (Å²) in [6.07, 6.45) is 8.12. The molecule has 1 aromatic rings. The minimum atomic E-state index is 1.09. The van der Waals surface area contributed by atoms with E-state index in [1.165, 1.54) is 54.2 Å². The fourth-order valence-electron chi connectivity index (χ4n) is 1.89. The van der Waals surface area contributed by atoms with Crippen LogP contribution in [0.5, 0.6) is 0 Å². The maximum Gasteiger partial charge on any atom is 0.0343 e. The molecule has 0 atom stereocenters. The third-order valence-corrected chi connectivity index (χ3v) is 3.91. The van der Waals surface area contributed by atoms with Gasteiger partial charge >= 0.3 is 0 Å². The summed E-state index contributed by atoms with van der Waals surface area (Å²) in [7, 11) is 0. The number of rotatable bonds is 8. The highest BCUT2D eigenvalue weighted by molar-refractivity contribution is 9.10. The SMILES string of the molecule is CCCCCCCCNc1ccc(Br)c(C)c1. The fourth-order valence-corrected chi connectivity index (χ4v) is 2.14. The maximum absolute atomic E-state index is 3.52. The minimum absolute atomic E-state index is 1.09. The van der Waals surface area contributed by atoms with Gasteiger partial charge in [0.15, 0.2) is 0 Å². The van der Waals surface area contributed by atoms with E-state index in [4.69, 9.17) is 0 Å². The van der Waals surface area contributed by atoms with Gasteiger partial charge in [-0.3, -0.25) is 0 Å². The Morgan fingerprint density at radius 2 is 1.76 bits per heavy atom. The van der Waals surface area contributed by atoms with E-state index in [-0.39, 0.29) is 0 Å². The van der Waals surface area contributed by atoms with Crippen molar-refractivity contribution >= 4 is 21.6 Å². The number of halogens is 1. The number of hydrogen-bond acceptors (Lipinski definition) is 1. The Hall–Kier alpha value is -0.500. The molecular weight excluding hydrogens is 274 g/mol. The first-order valence-corrected chi connectivity index (χ1v) is 7.53. The van der Waals surface area contributed by atoms with E-state index in [0.29, 0.717) is 0 Å². The van der Waals surface area contributed by atoms with Crippen molar-refractivity contribution in [2.75, 3.05) is 11.9 Å². The molecule has 0 aromatic heterocycles. The molecule has 0 heterocycles. The molecule has 0 spiro atoms. The molecule has 0 fully saturated rings. The van der Waals surface area contributed by atoms with Gasteiger partial charge in [-0.15, -0.1) is 0 Å². The normalized spacial score (nSPS) is 10.5. The summed E-state index contributed by atoms with van der Waals surface area (Å²) in [5.74, 6) is 0. The summed E-state index contributed by atoms with van der Waals surface area (Å²) in [6.45, 7) is 5.48. The average Bonchev–Trinajstić information content (AvgIpc) is 2.32. The second-order valence-corrected chi connectivity index (χ2v) is 5.51. The van der Waals surface area contributed by atoms with Crippen molar-refractivity contribution in [3.8, 4) is 0 Å². The molecule has 1 nitrogen and oxygen atoms in total. The molecule has 0 radical (unpaired) electrons. The first kappa shape index (κ1) is 14.6. The van der Waals surface area contributed by atoms with E-state index in [2.05, 4.69) is 53.3 Å². The van der Waals surface area contributed by atoms with E-state index in [0.717, 1.165) is 6.54 Å². The number of unbranched alkanes of at least 4 members (excludes halogenated alkanes) is 5. The van der Waals surface area contributed by atoms with Gasteiger partial charge in [0.05, 0.1) is 0 Å². The first-order chi connectivity index (χ1) is 8.24. The van der Waals surface area contributed by atoms with Crippen LogP contribution in [0, 0.1) is 6.92 Å². The van der Waals surface area contributed by atoms with Crippen LogP contribution < -0.4 is 5.32 Å². The molecule has 1 N–H and O–H groups in total. The second-order valence-electron chi connectivity index (χ2n) is 4.66. The lowest BCUT2D eigenvalue weighted by atomic mass is 10.1. The molecule has 0 saturated heterocycles. The van der Waals surface area contributed by atoms with Crippen LogP contribution in [-0.4, -0.2) is 6.54 Å². The van der Waals surface area contributed by atoms with Crippen LogP contribution in [0.4, 0.5) is 5.69 Å². The van der Waals surface area contributed by atoms with E-state index in [1.54, 1.807) is 0 Å². The van der Waals surface area contributed by atoms with Crippen LogP contribution in [-0.2, 0) is 0 Å². The molecule has 0 aliphatic rings. The van der Waals surface area contributed by atoms with Gasteiger partial charge in [0.25, 0.3) is 0 Å². The zero-order chi connectivity index (χ0) is 12.5. The zero-order valence-corrected chi connectivity index (χ0v) is 12.6. The number of anilines is 1. The summed E-state index contributed by atoms with van der Waals surface area (Å²) in [5, 5.41) is 3.48. The molecule has 0 bridgehead atoms. The molecule has 0 aliphatic heterocycles. The summed E-state index contributed by atoms with van der Waals surface area (Å²) in [6, 6.07) is 6.44. The lowest BCUT2D eigenvalue weighted by molar-refractivity contribution is 0.617. The van der Waals surface area contributed by atoms with Crippen molar-refractivity contribution in [2.45, 2.75) is 52.4 Å². The zero-order valence-electron chi connectivity index (χ0n) is 11.1. The van der Waals surface area contributed by atoms with Crippen LogP contribution in [0.25, 0.3) is 0 Å². The molecule has 1 rings (SSSR count). The van der Waals surface area contributed by atoms with Gasteiger partial charge in [-0.2, -0.15) is 0 Å². The van der Waals surface area contributed by atoms with Gasteiger partial charge < -0.3 is 5.32 Å². The lowest BCUT2D eigenvalue weighted by Gasteiger charge is -2.08. The van der Waals surface area contributed by atoms with Crippen molar-refractivity contribution in [3.05, 3.63) is 28.2 Å². The average molecular weight is 298 g/mol. The highest BCUT2D eigenvalue weighted by Crippen LogP contribution is 2.20. The van der Waals surface area contributed by atoms with Crippen LogP contribution in [0.2, 0.25) is 0 Å². The molecule has 0 aliphatic carbocycles. The highest BCUT2D eigenvalue weighted by atomic mass is 79.9. The first-order valence-electron chi connectivity index (χ1n) is 6.74. The summed E-state index contributed by atoms with van der Waals surface area (Å²) in [5.41, 5.74) is 2.53. The van der Waals surface area contributed by atoms with Gasteiger partial charge in [-0.25, -0.2) is 0 Å². The van der Waals surface area contributed by atoms with E-state index in [9.17, 15) is 0 Å². The highest BCUT2D eigenvalue weighted by Gasteiger charge is 1.96. The van der Waals surface area contributed by atoms with Gasteiger partial charge in [-0.05, 0) is 37.1 Å². The summed E-state index contributed by atoms with van der Waals surface area (Å²) >= 11 is 3.52. The predicted octanol–water partition coefficient (Wildman–Crippen LogP) is 5.53. The smallest absolute Gasteiger partial charge is 0.0343 e. The topological polar surface area (TPSA) is 12.0 Å². The van der Waals surface area contributed by atoms with Crippen molar-refractivity contribution in [3.63, 3.8) is 0 Å². The van der Waals surface area contributed by atoms with Gasteiger partial charge in [0, 0.05) is 16.7 Å². The number of aryl methyl sites for hydroxylation is 1. The number of benzene rings is 1. The molecule has 0 amide bonds. The largest absolute Gasteiger partial charge is 0.385 e. The molecule has 96 valence electrons. The van der Waals surface area contributed by atoms with Crippen LogP contribution in [0.15, 0.2) is 22.7 Å². The quantitative estimate of drug-likeness (QED) is 0.622. The van der Waals surface area contributed by atoms with Gasteiger partial charge in [0.2, 0.25) is 0 Å². The second kappa shape index (κ2) is 8.57. The summed E-state index contributed by atoms with van der Waals surface area (Å²) < 4.78 is 1.18. The third-order valence-electron chi connectivity index (χ3n) is 3.02. The Balaban J connectivity index is 2.11. The Kier molecular flexibility index (Phi) is 7.34. The minimum Gasteiger partial charge on any atom is -0.385 e. The van der Waals surface area contributed by atoms with Crippen molar-refractivity contribution in [1.82, 2.24) is 0 Å². The Morgan fingerprint density at radius 3 is 2.47 bits per heavy atom.